The lowest BCUT2D eigenvalue weighted by Gasteiger charge is -2.23. The smallest absolute Gasteiger partial charge is 0.251 e. The van der Waals surface area contributed by atoms with Crippen molar-refractivity contribution in [3.8, 4) is 0 Å². The molecule has 4 heteroatoms. The van der Waals surface area contributed by atoms with E-state index in [1.54, 1.807) is 11.9 Å². The Morgan fingerprint density at radius 3 is 2.73 bits per heavy atom. The van der Waals surface area contributed by atoms with Gasteiger partial charge in [-0.05, 0) is 39.3 Å². The van der Waals surface area contributed by atoms with Crippen LogP contribution in [0.15, 0.2) is 0 Å². The maximum absolute atomic E-state index is 12.2. The van der Waals surface area contributed by atoms with Gasteiger partial charge in [-0.25, -0.2) is 8.78 Å². The van der Waals surface area contributed by atoms with E-state index in [-0.39, 0.29) is 6.54 Å². The fourth-order valence-corrected chi connectivity index (χ4v) is 2.26. The van der Waals surface area contributed by atoms with Crippen molar-refractivity contribution in [1.82, 2.24) is 10.2 Å². The van der Waals surface area contributed by atoms with Crippen LogP contribution in [0.2, 0.25) is 0 Å². The molecule has 1 fully saturated rings. The Labute approximate surface area is 91.0 Å². The second-order valence-corrected chi connectivity index (χ2v) is 4.45. The first-order valence-electron chi connectivity index (χ1n) is 5.85. The predicted molar refractivity (Wildman–Crippen MR) is 58.4 cm³/mol. The maximum atomic E-state index is 12.2. The SMILES string of the molecule is CCCNC1CCC(N(C)CC(F)F)C1. The van der Waals surface area contributed by atoms with E-state index in [1.807, 2.05) is 0 Å². The standard InChI is InChI=1S/C11H22F2N2/c1-3-6-14-9-4-5-10(7-9)15(2)8-11(12)13/h9-11,14H,3-8H2,1-2H3. The Bertz CT molecular complexity index is 176. The van der Waals surface area contributed by atoms with E-state index in [1.165, 1.54) is 0 Å². The van der Waals surface area contributed by atoms with Gasteiger partial charge in [-0.15, -0.1) is 0 Å². The lowest BCUT2D eigenvalue weighted by Crippen LogP contribution is -2.35. The van der Waals surface area contributed by atoms with Crippen LogP contribution in [0.1, 0.15) is 32.6 Å². The summed E-state index contributed by atoms with van der Waals surface area (Å²) < 4.78 is 24.4. The molecular formula is C11H22F2N2. The number of halogens is 2. The van der Waals surface area contributed by atoms with E-state index in [4.69, 9.17) is 0 Å². The first kappa shape index (κ1) is 12.8. The highest BCUT2D eigenvalue weighted by atomic mass is 19.3. The third kappa shape index (κ3) is 4.43. The Morgan fingerprint density at radius 1 is 1.40 bits per heavy atom. The first-order chi connectivity index (χ1) is 7.13. The van der Waals surface area contributed by atoms with E-state index in [9.17, 15) is 8.78 Å². The molecule has 0 aliphatic heterocycles. The highest BCUT2D eigenvalue weighted by Gasteiger charge is 2.27. The molecule has 0 aromatic carbocycles. The van der Waals surface area contributed by atoms with Gasteiger partial charge in [0.15, 0.2) is 0 Å². The molecule has 90 valence electrons. The van der Waals surface area contributed by atoms with Gasteiger partial charge in [-0.1, -0.05) is 6.92 Å². The molecule has 0 heterocycles. The number of nitrogens with zero attached hydrogens (tertiary/aromatic N) is 1. The summed E-state index contributed by atoms with van der Waals surface area (Å²) in [5.74, 6) is 0. The molecule has 1 N–H and O–H groups in total. The predicted octanol–water partition coefficient (Wildman–Crippen LogP) is 2.10. The van der Waals surface area contributed by atoms with Crippen molar-refractivity contribution in [3.05, 3.63) is 0 Å². The van der Waals surface area contributed by atoms with Gasteiger partial charge in [0.25, 0.3) is 6.43 Å². The van der Waals surface area contributed by atoms with Crippen LogP contribution in [-0.4, -0.2) is 43.5 Å². The van der Waals surface area contributed by atoms with Gasteiger partial charge in [0, 0.05) is 12.1 Å². The number of hydrogen-bond acceptors (Lipinski definition) is 2. The van der Waals surface area contributed by atoms with E-state index in [0.717, 1.165) is 32.2 Å². The van der Waals surface area contributed by atoms with E-state index in [0.29, 0.717) is 12.1 Å². The summed E-state index contributed by atoms with van der Waals surface area (Å²) in [4.78, 5) is 1.80. The minimum absolute atomic E-state index is 0.0921. The molecule has 0 bridgehead atoms. The van der Waals surface area contributed by atoms with Crippen LogP contribution in [0.4, 0.5) is 8.78 Å². The van der Waals surface area contributed by atoms with Crippen LogP contribution in [0.3, 0.4) is 0 Å². The second kappa shape index (κ2) is 6.38. The molecule has 0 spiro atoms. The van der Waals surface area contributed by atoms with Gasteiger partial charge < -0.3 is 5.32 Å². The van der Waals surface area contributed by atoms with Gasteiger partial charge in [-0.2, -0.15) is 0 Å². The molecule has 0 radical (unpaired) electrons. The van der Waals surface area contributed by atoms with Crippen LogP contribution in [-0.2, 0) is 0 Å². The molecule has 0 amide bonds. The Hall–Kier alpha value is -0.220. The highest BCUT2D eigenvalue weighted by Crippen LogP contribution is 2.23. The summed E-state index contributed by atoms with van der Waals surface area (Å²) in [6, 6.07) is 0.878. The Morgan fingerprint density at radius 2 is 2.13 bits per heavy atom. The van der Waals surface area contributed by atoms with Gasteiger partial charge in [0.05, 0.1) is 6.54 Å². The summed E-state index contributed by atoms with van der Waals surface area (Å²) in [6.45, 7) is 3.09. The highest BCUT2D eigenvalue weighted by molar-refractivity contribution is 4.85. The van der Waals surface area contributed by atoms with Crippen LogP contribution in [0, 0.1) is 0 Å². The molecule has 1 rings (SSSR count). The van der Waals surface area contributed by atoms with Crippen LogP contribution >= 0.6 is 0 Å². The molecular weight excluding hydrogens is 198 g/mol. The monoisotopic (exact) mass is 220 g/mol. The Kier molecular flexibility index (Phi) is 5.47. The average Bonchev–Trinajstić information content (AvgIpc) is 2.62. The lowest BCUT2D eigenvalue weighted by atomic mass is 10.2. The topological polar surface area (TPSA) is 15.3 Å². The Balaban J connectivity index is 2.22. The molecule has 0 saturated heterocycles. The molecule has 0 aromatic rings. The fraction of sp³-hybridized carbons (Fsp3) is 1.00. The van der Waals surface area contributed by atoms with Crippen molar-refractivity contribution >= 4 is 0 Å². The molecule has 0 aromatic heterocycles. The summed E-state index contributed by atoms with van der Waals surface area (Å²) in [7, 11) is 1.80. The van der Waals surface area contributed by atoms with Crippen molar-refractivity contribution in [1.29, 1.82) is 0 Å². The van der Waals surface area contributed by atoms with Gasteiger partial charge in [0.2, 0.25) is 0 Å². The minimum Gasteiger partial charge on any atom is -0.314 e. The second-order valence-electron chi connectivity index (χ2n) is 4.45. The number of alkyl halides is 2. The third-order valence-electron chi connectivity index (χ3n) is 3.14. The normalized spacial score (nSPS) is 26.8. The third-order valence-corrected chi connectivity index (χ3v) is 3.14. The largest absolute Gasteiger partial charge is 0.314 e. The fourth-order valence-electron chi connectivity index (χ4n) is 2.26. The van der Waals surface area contributed by atoms with Crippen LogP contribution in [0.25, 0.3) is 0 Å². The zero-order valence-corrected chi connectivity index (χ0v) is 9.68. The van der Waals surface area contributed by atoms with Gasteiger partial charge >= 0.3 is 0 Å². The molecule has 2 nitrogen and oxygen atoms in total. The molecule has 1 saturated carbocycles. The van der Waals surface area contributed by atoms with Crippen LogP contribution in [0.5, 0.6) is 0 Å². The maximum Gasteiger partial charge on any atom is 0.251 e. The summed E-state index contributed by atoms with van der Waals surface area (Å²) in [5, 5.41) is 3.46. The quantitative estimate of drug-likeness (QED) is 0.737. The van der Waals surface area contributed by atoms with Gasteiger partial charge in [-0.3, -0.25) is 4.90 Å². The number of rotatable bonds is 6. The molecule has 2 unspecified atom stereocenters. The summed E-state index contributed by atoms with van der Waals surface area (Å²) in [5.41, 5.74) is 0. The molecule has 15 heavy (non-hydrogen) atoms. The summed E-state index contributed by atoms with van der Waals surface area (Å²) >= 11 is 0. The van der Waals surface area contributed by atoms with Crippen molar-refractivity contribution in [3.63, 3.8) is 0 Å². The first-order valence-corrected chi connectivity index (χ1v) is 5.85. The average molecular weight is 220 g/mol. The molecule has 1 aliphatic rings. The van der Waals surface area contributed by atoms with Crippen LogP contribution < -0.4 is 5.32 Å². The minimum atomic E-state index is -2.21. The van der Waals surface area contributed by atoms with E-state index >= 15 is 0 Å². The van der Waals surface area contributed by atoms with Gasteiger partial charge in [0.1, 0.15) is 0 Å². The molecule has 2 atom stereocenters. The zero-order chi connectivity index (χ0) is 11.3. The van der Waals surface area contributed by atoms with Crippen molar-refractivity contribution < 1.29 is 8.78 Å². The lowest BCUT2D eigenvalue weighted by molar-refractivity contribution is 0.0814. The number of hydrogen-bond donors (Lipinski definition) is 1. The number of nitrogens with one attached hydrogen (secondary N) is 1. The van der Waals surface area contributed by atoms with Crippen molar-refractivity contribution in [2.24, 2.45) is 0 Å². The van der Waals surface area contributed by atoms with E-state index < -0.39 is 6.43 Å². The van der Waals surface area contributed by atoms with Crippen molar-refractivity contribution in [2.75, 3.05) is 20.1 Å². The summed E-state index contributed by atoms with van der Waals surface area (Å²) in [6.07, 6.45) is 2.11. The van der Waals surface area contributed by atoms with E-state index in [2.05, 4.69) is 12.2 Å². The van der Waals surface area contributed by atoms with Crippen molar-refractivity contribution in [2.45, 2.75) is 51.1 Å². The zero-order valence-electron chi connectivity index (χ0n) is 9.68. The molecule has 1 aliphatic carbocycles.